The lowest BCUT2D eigenvalue weighted by atomic mass is 10.2. The van der Waals surface area contributed by atoms with Crippen LogP contribution in [0.1, 0.15) is 46.0 Å². The Kier molecular flexibility index (Phi) is 12.8. The minimum Gasteiger partial charge on any atom is -0.463 e. The van der Waals surface area contributed by atoms with Gasteiger partial charge in [-0.2, -0.15) is 0 Å². The van der Waals surface area contributed by atoms with Crippen LogP contribution in [0.4, 0.5) is 0 Å². The van der Waals surface area contributed by atoms with Gasteiger partial charge in [0, 0.05) is 19.9 Å². The van der Waals surface area contributed by atoms with Gasteiger partial charge in [0.1, 0.15) is 12.7 Å². The zero-order chi connectivity index (χ0) is 18.4. The summed E-state index contributed by atoms with van der Waals surface area (Å²) >= 11 is 0. The zero-order valence-electron chi connectivity index (χ0n) is 14.2. The van der Waals surface area contributed by atoms with E-state index in [-0.39, 0.29) is 32.1 Å². The summed E-state index contributed by atoms with van der Waals surface area (Å²) in [5.41, 5.74) is 0. The Morgan fingerprint density at radius 3 is 2.50 bits per heavy atom. The molecule has 0 aliphatic carbocycles. The fraction of sp³-hybridized carbons (Fsp3) is 0.857. The zero-order valence-corrected chi connectivity index (χ0v) is 15.1. The maximum Gasteiger partial charge on any atom is 0.472 e. The summed E-state index contributed by atoms with van der Waals surface area (Å²) in [6.07, 6.45) is 2.84. The first-order valence-electron chi connectivity index (χ1n) is 7.97. The molecule has 0 aliphatic heterocycles. The van der Waals surface area contributed by atoms with E-state index in [1.165, 1.54) is 6.92 Å². The minimum atomic E-state index is -4.33. The van der Waals surface area contributed by atoms with Crippen molar-refractivity contribution in [3.05, 3.63) is 0 Å². The Balaban J connectivity index is 3.78. The monoisotopic (exact) mass is 369 g/mol. The molecule has 1 amide bonds. The fourth-order valence-electron chi connectivity index (χ4n) is 1.61. The summed E-state index contributed by atoms with van der Waals surface area (Å²) in [6, 6.07) is 0. The van der Waals surface area contributed by atoms with Crippen molar-refractivity contribution < 1.29 is 37.9 Å². The second kappa shape index (κ2) is 13.3. The number of hydrogen-bond acceptors (Lipinski definition) is 7. The molecule has 0 saturated heterocycles. The van der Waals surface area contributed by atoms with Crippen LogP contribution in [-0.2, 0) is 27.9 Å². The van der Waals surface area contributed by atoms with Crippen LogP contribution in [0.15, 0.2) is 0 Å². The van der Waals surface area contributed by atoms with Crippen LogP contribution >= 0.6 is 7.82 Å². The number of phosphoric ester groups is 1. The largest absolute Gasteiger partial charge is 0.472 e. The van der Waals surface area contributed by atoms with Crippen LogP contribution in [-0.4, -0.2) is 54.3 Å². The Bertz CT molecular complexity index is 418. The van der Waals surface area contributed by atoms with Crippen molar-refractivity contribution in [1.82, 2.24) is 5.32 Å². The third-order valence-electron chi connectivity index (χ3n) is 2.83. The van der Waals surface area contributed by atoms with Crippen molar-refractivity contribution in [1.29, 1.82) is 0 Å². The van der Waals surface area contributed by atoms with Gasteiger partial charge in [-0.25, -0.2) is 4.57 Å². The first kappa shape index (κ1) is 23.0. The van der Waals surface area contributed by atoms with Gasteiger partial charge < -0.3 is 20.1 Å². The summed E-state index contributed by atoms with van der Waals surface area (Å²) in [5.74, 6) is -0.719. The second-order valence-electron chi connectivity index (χ2n) is 5.23. The molecule has 0 saturated carbocycles. The van der Waals surface area contributed by atoms with Gasteiger partial charge in [0.15, 0.2) is 0 Å². The first-order valence-corrected chi connectivity index (χ1v) is 9.46. The number of esters is 1. The first-order chi connectivity index (χ1) is 11.3. The van der Waals surface area contributed by atoms with Crippen molar-refractivity contribution in [3.8, 4) is 0 Å². The smallest absolute Gasteiger partial charge is 0.463 e. The highest BCUT2D eigenvalue weighted by Crippen LogP contribution is 2.42. The lowest BCUT2D eigenvalue weighted by Crippen LogP contribution is -2.25. The molecule has 0 aromatic heterocycles. The summed E-state index contributed by atoms with van der Waals surface area (Å²) in [4.78, 5) is 31.4. The lowest BCUT2D eigenvalue weighted by Gasteiger charge is -2.15. The molecule has 0 aromatic carbocycles. The summed E-state index contributed by atoms with van der Waals surface area (Å²) < 4.78 is 25.5. The van der Waals surface area contributed by atoms with E-state index in [9.17, 15) is 24.2 Å². The molecular formula is C14H28NO8P. The van der Waals surface area contributed by atoms with E-state index in [2.05, 4.69) is 21.3 Å². The molecule has 24 heavy (non-hydrogen) atoms. The number of hydrogen-bond donors (Lipinski definition) is 3. The average Bonchev–Trinajstić information content (AvgIpc) is 2.52. The second-order valence-corrected chi connectivity index (χ2v) is 6.68. The molecule has 0 bridgehead atoms. The van der Waals surface area contributed by atoms with Crippen molar-refractivity contribution in [3.63, 3.8) is 0 Å². The summed E-state index contributed by atoms with van der Waals surface area (Å²) in [5, 5.41) is 12.0. The van der Waals surface area contributed by atoms with Gasteiger partial charge in [-0.1, -0.05) is 26.2 Å². The molecule has 142 valence electrons. The number of phosphoric acid groups is 1. The number of aliphatic hydroxyl groups is 1. The number of carbonyl (C=O) groups excluding carboxylic acids is 2. The van der Waals surface area contributed by atoms with E-state index in [1.807, 2.05) is 0 Å². The van der Waals surface area contributed by atoms with Gasteiger partial charge in [0.05, 0.1) is 13.2 Å². The normalized spacial score (nSPS) is 14.7. The third kappa shape index (κ3) is 14.6. The Morgan fingerprint density at radius 2 is 1.88 bits per heavy atom. The fourth-order valence-corrected chi connectivity index (χ4v) is 2.37. The predicted molar refractivity (Wildman–Crippen MR) is 86.1 cm³/mol. The number of unbranched alkanes of at least 4 members (excludes halogenated alkanes) is 3. The quantitative estimate of drug-likeness (QED) is 0.236. The maximum atomic E-state index is 11.5. The number of aliphatic hydroxyl groups excluding tert-OH is 1. The maximum absolute atomic E-state index is 11.5. The van der Waals surface area contributed by atoms with Crippen LogP contribution in [0.5, 0.6) is 0 Å². The van der Waals surface area contributed by atoms with Gasteiger partial charge in [-0.05, 0) is 6.42 Å². The van der Waals surface area contributed by atoms with Crippen molar-refractivity contribution >= 4 is 19.7 Å². The molecule has 0 heterocycles. The number of amides is 1. The van der Waals surface area contributed by atoms with Gasteiger partial charge in [0.25, 0.3) is 0 Å². The van der Waals surface area contributed by atoms with Crippen molar-refractivity contribution in [2.75, 3.05) is 26.4 Å². The molecule has 0 radical (unpaired) electrons. The topological polar surface area (TPSA) is 131 Å². The van der Waals surface area contributed by atoms with Gasteiger partial charge in [0.2, 0.25) is 5.91 Å². The molecule has 0 aromatic rings. The summed E-state index contributed by atoms with van der Waals surface area (Å²) in [7, 11) is -4.33. The SMILES string of the molecule is CCCCCCC(=O)OCC(O)COP(=O)(O)OCCNC(C)=O. The van der Waals surface area contributed by atoms with Crippen LogP contribution in [0.2, 0.25) is 0 Å². The third-order valence-corrected chi connectivity index (χ3v) is 3.82. The molecule has 9 nitrogen and oxygen atoms in total. The van der Waals surface area contributed by atoms with Gasteiger partial charge >= 0.3 is 13.8 Å². The number of nitrogens with one attached hydrogen (secondary N) is 1. The van der Waals surface area contributed by atoms with Crippen LogP contribution in [0.3, 0.4) is 0 Å². The van der Waals surface area contributed by atoms with E-state index in [1.54, 1.807) is 0 Å². The van der Waals surface area contributed by atoms with Crippen LogP contribution < -0.4 is 5.32 Å². The summed E-state index contributed by atoms with van der Waals surface area (Å²) in [6.45, 7) is 2.38. The Hall–Kier alpha value is -0.990. The molecule has 0 spiro atoms. The van der Waals surface area contributed by atoms with E-state index in [0.29, 0.717) is 0 Å². The molecule has 0 fully saturated rings. The minimum absolute atomic E-state index is 0.0570. The van der Waals surface area contributed by atoms with E-state index >= 15 is 0 Å². The Labute approximate surface area is 142 Å². The molecular weight excluding hydrogens is 341 g/mol. The van der Waals surface area contributed by atoms with E-state index < -0.39 is 26.5 Å². The Morgan fingerprint density at radius 1 is 1.17 bits per heavy atom. The molecule has 0 aliphatic rings. The van der Waals surface area contributed by atoms with E-state index in [4.69, 9.17) is 4.74 Å². The molecule has 0 rings (SSSR count). The average molecular weight is 369 g/mol. The molecule has 2 atom stereocenters. The molecule has 3 N–H and O–H groups in total. The van der Waals surface area contributed by atoms with Crippen molar-refractivity contribution in [2.24, 2.45) is 0 Å². The predicted octanol–water partition coefficient (Wildman–Crippen LogP) is 1.13. The van der Waals surface area contributed by atoms with E-state index in [0.717, 1.165) is 25.7 Å². The van der Waals surface area contributed by atoms with Crippen molar-refractivity contribution in [2.45, 2.75) is 52.1 Å². The standard InChI is InChI=1S/C14H28NO8P/c1-3-4-5-6-7-14(18)21-10-13(17)11-23-24(19,20)22-9-8-15-12(2)16/h13,17H,3-11H2,1-2H3,(H,15,16)(H,19,20). The van der Waals surface area contributed by atoms with Gasteiger partial charge in [-0.3, -0.25) is 18.6 Å². The number of rotatable bonds is 14. The highest BCUT2D eigenvalue weighted by molar-refractivity contribution is 7.47. The van der Waals surface area contributed by atoms with Gasteiger partial charge in [-0.15, -0.1) is 0 Å². The highest BCUT2D eigenvalue weighted by atomic mass is 31.2. The van der Waals surface area contributed by atoms with Crippen LogP contribution in [0.25, 0.3) is 0 Å². The molecule has 2 unspecified atom stereocenters. The van der Waals surface area contributed by atoms with Crippen LogP contribution in [0, 0.1) is 0 Å². The number of ether oxygens (including phenoxy) is 1. The lowest BCUT2D eigenvalue weighted by molar-refractivity contribution is -0.147. The molecule has 10 heteroatoms. The number of carbonyl (C=O) groups is 2. The highest BCUT2D eigenvalue weighted by Gasteiger charge is 2.23.